The van der Waals surface area contributed by atoms with Crippen LogP contribution in [-0.4, -0.2) is 22.5 Å². The number of hydrazone groups is 1. The fraction of sp³-hybridized carbons (Fsp3) is 0.273. The third kappa shape index (κ3) is 2.87. The highest BCUT2D eigenvalue weighted by atomic mass is 16.2. The Morgan fingerprint density at radius 1 is 1.41 bits per heavy atom. The van der Waals surface area contributed by atoms with E-state index in [1.807, 2.05) is 13.0 Å². The van der Waals surface area contributed by atoms with Crippen LogP contribution in [0.1, 0.15) is 18.4 Å². The standard InChI is InChI=1S/C11H12N4O2/c1-7-4-8(6-12-5-7)13-11(17)9-2-3-10(16)15-14-9/h4-6H,2-3H2,1H3,(H,13,17)(H,15,16). The molecule has 1 aromatic heterocycles. The minimum Gasteiger partial charge on any atom is -0.319 e. The summed E-state index contributed by atoms with van der Waals surface area (Å²) >= 11 is 0. The van der Waals surface area contributed by atoms with Crippen molar-refractivity contribution in [3.05, 3.63) is 24.0 Å². The first-order valence-electron chi connectivity index (χ1n) is 5.23. The molecule has 0 atom stereocenters. The van der Waals surface area contributed by atoms with Gasteiger partial charge in [0, 0.05) is 19.0 Å². The Balaban J connectivity index is 2.04. The summed E-state index contributed by atoms with van der Waals surface area (Å²) in [5.41, 5.74) is 4.19. The Morgan fingerprint density at radius 2 is 2.24 bits per heavy atom. The minimum atomic E-state index is -0.308. The summed E-state index contributed by atoms with van der Waals surface area (Å²) in [5, 5.41) is 6.40. The zero-order valence-electron chi connectivity index (χ0n) is 9.36. The Kier molecular flexibility index (Phi) is 3.13. The van der Waals surface area contributed by atoms with Gasteiger partial charge in [0.1, 0.15) is 5.71 Å². The molecule has 0 radical (unpaired) electrons. The van der Waals surface area contributed by atoms with Crippen LogP contribution in [0.5, 0.6) is 0 Å². The van der Waals surface area contributed by atoms with Crippen LogP contribution >= 0.6 is 0 Å². The van der Waals surface area contributed by atoms with Gasteiger partial charge in [0.2, 0.25) is 5.91 Å². The molecule has 2 amide bonds. The maximum atomic E-state index is 11.8. The van der Waals surface area contributed by atoms with Crippen molar-refractivity contribution < 1.29 is 9.59 Å². The number of carbonyl (C=O) groups excluding carboxylic acids is 2. The van der Waals surface area contributed by atoms with Crippen molar-refractivity contribution in [1.82, 2.24) is 10.4 Å². The monoisotopic (exact) mass is 232 g/mol. The van der Waals surface area contributed by atoms with Gasteiger partial charge in [0.05, 0.1) is 11.9 Å². The van der Waals surface area contributed by atoms with E-state index in [2.05, 4.69) is 20.8 Å². The Morgan fingerprint density at radius 3 is 2.88 bits per heavy atom. The van der Waals surface area contributed by atoms with Crippen molar-refractivity contribution in [1.29, 1.82) is 0 Å². The molecule has 1 aliphatic heterocycles. The van der Waals surface area contributed by atoms with E-state index in [9.17, 15) is 9.59 Å². The van der Waals surface area contributed by atoms with Gasteiger partial charge in [-0.25, -0.2) is 5.43 Å². The molecule has 2 heterocycles. The van der Waals surface area contributed by atoms with Crippen molar-refractivity contribution in [3.8, 4) is 0 Å². The molecule has 0 spiro atoms. The van der Waals surface area contributed by atoms with Gasteiger partial charge in [-0.05, 0) is 18.6 Å². The van der Waals surface area contributed by atoms with Crippen LogP contribution in [-0.2, 0) is 9.59 Å². The average Bonchev–Trinajstić information content (AvgIpc) is 2.29. The molecular formula is C11H12N4O2. The lowest BCUT2D eigenvalue weighted by molar-refractivity contribution is -0.121. The van der Waals surface area contributed by atoms with Gasteiger partial charge >= 0.3 is 0 Å². The predicted molar refractivity (Wildman–Crippen MR) is 62.4 cm³/mol. The minimum absolute atomic E-state index is 0.168. The third-order valence-corrected chi connectivity index (χ3v) is 2.30. The number of aryl methyl sites for hydroxylation is 1. The average molecular weight is 232 g/mol. The quantitative estimate of drug-likeness (QED) is 0.783. The van der Waals surface area contributed by atoms with Gasteiger partial charge in [0.25, 0.3) is 5.91 Å². The highest BCUT2D eigenvalue weighted by Crippen LogP contribution is 2.08. The van der Waals surface area contributed by atoms with Crippen LogP contribution in [0.2, 0.25) is 0 Å². The fourth-order valence-corrected chi connectivity index (χ4v) is 1.46. The first kappa shape index (κ1) is 11.3. The number of rotatable bonds is 2. The van der Waals surface area contributed by atoms with Crippen molar-refractivity contribution >= 4 is 23.2 Å². The molecule has 2 rings (SSSR count). The van der Waals surface area contributed by atoms with Crippen molar-refractivity contribution in [3.63, 3.8) is 0 Å². The zero-order valence-corrected chi connectivity index (χ0v) is 9.36. The van der Waals surface area contributed by atoms with Gasteiger partial charge < -0.3 is 5.32 Å². The highest BCUT2D eigenvalue weighted by molar-refractivity contribution is 6.43. The van der Waals surface area contributed by atoms with Crippen LogP contribution in [0.4, 0.5) is 5.69 Å². The van der Waals surface area contributed by atoms with E-state index in [4.69, 9.17) is 0 Å². The SMILES string of the molecule is Cc1cncc(NC(=O)C2=NNC(=O)CC2)c1. The highest BCUT2D eigenvalue weighted by Gasteiger charge is 2.18. The predicted octanol–water partition coefficient (Wildman–Crippen LogP) is 0.595. The second-order valence-electron chi connectivity index (χ2n) is 3.80. The molecule has 0 fully saturated rings. The second kappa shape index (κ2) is 4.73. The topological polar surface area (TPSA) is 83.4 Å². The van der Waals surface area contributed by atoms with Gasteiger partial charge in [-0.15, -0.1) is 0 Å². The Labute approximate surface area is 98.1 Å². The van der Waals surface area contributed by atoms with Crippen molar-refractivity contribution in [2.24, 2.45) is 5.10 Å². The number of carbonyl (C=O) groups is 2. The molecule has 1 aliphatic rings. The molecule has 0 bridgehead atoms. The smallest absolute Gasteiger partial charge is 0.271 e. The number of pyridine rings is 1. The molecule has 0 saturated carbocycles. The van der Waals surface area contributed by atoms with E-state index >= 15 is 0 Å². The maximum absolute atomic E-state index is 11.8. The number of nitrogens with zero attached hydrogens (tertiary/aromatic N) is 2. The van der Waals surface area contributed by atoms with Crippen LogP contribution in [0.25, 0.3) is 0 Å². The molecule has 17 heavy (non-hydrogen) atoms. The van der Waals surface area contributed by atoms with E-state index in [0.717, 1.165) is 5.56 Å². The molecule has 6 heteroatoms. The molecule has 0 aliphatic carbocycles. The van der Waals surface area contributed by atoms with Crippen LogP contribution < -0.4 is 10.7 Å². The number of hydrogen-bond acceptors (Lipinski definition) is 4. The second-order valence-corrected chi connectivity index (χ2v) is 3.80. The molecule has 0 aromatic carbocycles. The summed E-state index contributed by atoms with van der Waals surface area (Å²) < 4.78 is 0. The van der Waals surface area contributed by atoms with Crippen LogP contribution in [0.3, 0.4) is 0 Å². The molecule has 6 nitrogen and oxygen atoms in total. The molecule has 88 valence electrons. The normalized spacial score (nSPS) is 14.9. The first-order chi connectivity index (χ1) is 8.15. The molecule has 2 N–H and O–H groups in total. The number of aromatic nitrogens is 1. The van der Waals surface area contributed by atoms with Crippen LogP contribution in [0, 0.1) is 6.92 Å². The lowest BCUT2D eigenvalue weighted by Gasteiger charge is -2.11. The zero-order chi connectivity index (χ0) is 12.3. The summed E-state index contributed by atoms with van der Waals surface area (Å²) in [4.78, 5) is 26.6. The van der Waals surface area contributed by atoms with E-state index < -0.39 is 0 Å². The van der Waals surface area contributed by atoms with Gasteiger partial charge in [-0.2, -0.15) is 5.10 Å². The number of hydrogen-bond donors (Lipinski definition) is 2. The van der Waals surface area contributed by atoms with Crippen molar-refractivity contribution in [2.75, 3.05) is 5.32 Å². The summed E-state index contributed by atoms with van der Waals surface area (Å²) in [5.74, 6) is -0.476. The van der Waals surface area contributed by atoms with Gasteiger partial charge in [-0.3, -0.25) is 14.6 Å². The molecule has 1 aromatic rings. The summed E-state index contributed by atoms with van der Waals surface area (Å²) in [6, 6.07) is 1.81. The maximum Gasteiger partial charge on any atom is 0.271 e. The summed E-state index contributed by atoms with van der Waals surface area (Å²) in [6.07, 6.45) is 3.91. The first-order valence-corrected chi connectivity index (χ1v) is 5.23. The Hall–Kier alpha value is -2.24. The van der Waals surface area contributed by atoms with Crippen LogP contribution in [0.15, 0.2) is 23.6 Å². The van der Waals surface area contributed by atoms with E-state index in [-0.39, 0.29) is 11.8 Å². The Bertz CT molecular complexity index is 496. The van der Waals surface area contributed by atoms with Crippen molar-refractivity contribution in [2.45, 2.75) is 19.8 Å². The molecule has 0 unspecified atom stereocenters. The summed E-state index contributed by atoms with van der Waals surface area (Å²) in [7, 11) is 0. The lowest BCUT2D eigenvalue weighted by Crippen LogP contribution is -2.32. The molecule has 0 saturated heterocycles. The van der Waals surface area contributed by atoms with E-state index in [0.29, 0.717) is 24.2 Å². The number of nitrogens with one attached hydrogen (secondary N) is 2. The largest absolute Gasteiger partial charge is 0.319 e. The third-order valence-electron chi connectivity index (χ3n) is 2.30. The van der Waals surface area contributed by atoms with E-state index in [1.165, 1.54) is 0 Å². The van der Waals surface area contributed by atoms with Gasteiger partial charge in [-0.1, -0.05) is 0 Å². The van der Waals surface area contributed by atoms with Gasteiger partial charge in [0.15, 0.2) is 0 Å². The number of anilines is 1. The molecular weight excluding hydrogens is 220 g/mol. The fourth-order valence-electron chi connectivity index (χ4n) is 1.46. The number of amides is 2. The summed E-state index contributed by atoms with van der Waals surface area (Å²) in [6.45, 7) is 1.89. The lowest BCUT2D eigenvalue weighted by atomic mass is 10.1. The van der Waals surface area contributed by atoms with E-state index in [1.54, 1.807) is 12.4 Å².